The third-order valence-electron chi connectivity index (χ3n) is 7.22. The number of carbonyl (C=O) groups is 2. The van der Waals surface area contributed by atoms with Crippen LogP contribution in [0.1, 0.15) is 64.1 Å². The van der Waals surface area contributed by atoms with Gasteiger partial charge in [0.25, 0.3) is 0 Å². The molecule has 1 unspecified atom stereocenters. The van der Waals surface area contributed by atoms with Crippen LogP contribution >= 0.6 is 0 Å². The number of amides is 1. The standard InChI is InChI=1S/C26H33BN2O6/c1-7-33-23(30)14-21(18-10-13-22(32-6)28-15-18)29-16-20(24(29)31)17-8-11-19(12-9-17)27-34-25(2,3)26(4,5)35-27/h8-13,15,20-21H,7,14,16H2,1-6H3/t20?,21-/m0/s1. The van der Waals surface area contributed by atoms with E-state index in [1.165, 1.54) is 0 Å². The Morgan fingerprint density at radius 1 is 1.14 bits per heavy atom. The van der Waals surface area contributed by atoms with Crippen molar-refractivity contribution >= 4 is 24.5 Å². The molecule has 0 saturated carbocycles. The van der Waals surface area contributed by atoms with E-state index in [0.29, 0.717) is 12.4 Å². The van der Waals surface area contributed by atoms with Crippen molar-refractivity contribution in [2.24, 2.45) is 0 Å². The van der Waals surface area contributed by atoms with Crippen molar-refractivity contribution in [3.63, 3.8) is 0 Å². The van der Waals surface area contributed by atoms with Crippen molar-refractivity contribution in [1.82, 2.24) is 9.88 Å². The monoisotopic (exact) mass is 480 g/mol. The van der Waals surface area contributed by atoms with Gasteiger partial charge in [0.15, 0.2) is 0 Å². The number of β-lactam (4-membered cyclic amide) rings is 1. The summed E-state index contributed by atoms with van der Waals surface area (Å²) in [5.74, 6) is -0.174. The third kappa shape index (κ3) is 4.93. The number of rotatable bonds is 8. The molecule has 2 saturated heterocycles. The molecule has 2 aliphatic heterocycles. The lowest BCUT2D eigenvalue weighted by Gasteiger charge is -2.44. The van der Waals surface area contributed by atoms with Crippen molar-refractivity contribution in [3.8, 4) is 5.88 Å². The first kappa shape index (κ1) is 25.2. The number of hydrogen-bond acceptors (Lipinski definition) is 7. The highest BCUT2D eigenvalue weighted by atomic mass is 16.7. The Morgan fingerprint density at radius 3 is 2.31 bits per heavy atom. The Bertz CT molecular complexity index is 1050. The molecule has 0 aliphatic carbocycles. The van der Waals surface area contributed by atoms with E-state index in [1.54, 1.807) is 31.2 Å². The van der Waals surface area contributed by atoms with Crippen LogP contribution in [0.15, 0.2) is 42.6 Å². The van der Waals surface area contributed by atoms with E-state index in [-0.39, 0.29) is 30.8 Å². The van der Waals surface area contributed by atoms with Gasteiger partial charge in [-0.3, -0.25) is 9.59 Å². The zero-order valence-electron chi connectivity index (χ0n) is 21.2. The minimum absolute atomic E-state index is 0.0292. The van der Waals surface area contributed by atoms with Crippen LogP contribution in [-0.4, -0.2) is 60.3 Å². The molecule has 2 aromatic rings. The second-order valence-corrected chi connectivity index (χ2v) is 9.96. The Kier molecular flexibility index (Phi) is 6.93. The summed E-state index contributed by atoms with van der Waals surface area (Å²) in [5.41, 5.74) is 1.78. The molecule has 8 nitrogen and oxygen atoms in total. The molecule has 2 atom stereocenters. The average Bonchev–Trinajstić information content (AvgIpc) is 3.05. The summed E-state index contributed by atoms with van der Waals surface area (Å²) >= 11 is 0. The number of pyridine rings is 1. The Hall–Kier alpha value is -2.91. The molecule has 186 valence electrons. The minimum Gasteiger partial charge on any atom is -0.481 e. The number of esters is 1. The molecule has 1 aromatic heterocycles. The lowest BCUT2D eigenvalue weighted by molar-refractivity contribution is -0.151. The highest BCUT2D eigenvalue weighted by Crippen LogP contribution is 2.39. The van der Waals surface area contributed by atoms with Gasteiger partial charge in [0.05, 0.1) is 43.3 Å². The van der Waals surface area contributed by atoms with Gasteiger partial charge in [-0.05, 0) is 51.2 Å². The van der Waals surface area contributed by atoms with E-state index >= 15 is 0 Å². The molecule has 4 rings (SSSR count). The van der Waals surface area contributed by atoms with Crippen LogP contribution in [0.5, 0.6) is 5.88 Å². The van der Waals surface area contributed by atoms with E-state index in [1.807, 2.05) is 58.0 Å². The number of hydrogen-bond donors (Lipinski definition) is 0. The van der Waals surface area contributed by atoms with Gasteiger partial charge in [-0.2, -0.15) is 0 Å². The van der Waals surface area contributed by atoms with Gasteiger partial charge in [-0.25, -0.2) is 4.98 Å². The highest BCUT2D eigenvalue weighted by Gasteiger charge is 2.51. The average molecular weight is 480 g/mol. The molecule has 1 aromatic carbocycles. The first-order valence-electron chi connectivity index (χ1n) is 12.0. The van der Waals surface area contributed by atoms with E-state index in [2.05, 4.69) is 4.98 Å². The molecule has 0 spiro atoms. The van der Waals surface area contributed by atoms with Gasteiger partial charge in [-0.1, -0.05) is 30.3 Å². The quantitative estimate of drug-likeness (QED) is 0.326. The molecule has 1 amide bonds. The lowest BCUT2D eigenvalue weighted by Crippen LogP contribution is -2.52. The van der Waals surface area contributed by atoms with Gasteiger partial charge >= 0.3 is 13.1 Å². The smallest absolute Gasteiger partial charge is 0.481 e. The Labute approximate surface area is 207 Å². The fraction of sp³-hybridized carbons (Fsp3) is 0.500. The zero-order valence-corrected chi connectivity index (χ0v) is 21.2. The second-order valence-electron chi connectivity index (χ2n) is 9.96. The number of ether oxygens (including phenoxy) is 2. The number of likely N-dealkylation sites (tertiary alicyclic amines) is 1. The molecule has 2 fully saturated rings. The molecule has 35 heavy (non-hydrogen) atoms. The predicted octanol–water partition coefficient (Wildman–Crippen LogP) is 3.01. The van der Waals surface area contributed by atoms with Crippen LogP contribution in [0.4, 0.5) is 0 Å². The molecular weight excluding hydrogens is 447 g/mol. The predicted molar refractivity (Wildman–Crippen MR) is 131 cm³/mol. The van der Waals surface area contributed by atoms with Crippen molar-refractivity contribution in [2.75, 3.05) is 20.3 Å². The maximum absolute atomic E-state index is 13.2. The molecule has 0 N–H and O–H groups in total. The van der Waals surface area contributed by atoms with Gasteiger partial charge in [-0.15, -0.1) is 0 Å². The number of methoxy groups -OCH3 is 1. The van der Waals surface area contributed by atoms with E-state index in [4.69, 9.17) is 18.8 Å². The van der Waals surface area contributed by atoms with Crippen molar-refractivity contribution in [1.29, 1.82) is 0 Å². The highest BCUT2D eigenvalue weighted by molar-refractivity contribution is 6.62. The van der Waals surface area contributed by atoms with Crippen LogP contribution in [0, 0.1) is 0 Å². The fourth-order valence-electron chi connectivity index (χ4n) is 4.34. The summed E-state index contributed by atoms with van der Waals surface area (Å²) < 4.78 is 22.5. The Morgan fingerprint density at radius 2 is 1.80 bits per heavy atom. The summed E-state index contributed by atoms with van der Waals surface area (Å²) in [7, 11) is 1.10. The van der Waals surface area contributed by atoms with Crippen LogP contribution in [0.3, 0.4) is 0 Å². The summed E-state index contributed by atoms with van der Waals surface area (Å²) in [6, 6.07) is 10.9. The largest absolute Gasteiger partial charge is 0.494 e. The van der Waals surface area contributed by atoms with E-state index in [0.717, 1.165) is 16.6 Å². The topological polar surface area (TPSA) is 87.2 Å². The van der Waals surface area contributed by atoms with Crippen molar-refractivity contribution < 1.29 is 28.4 Å². The van der Waals surface area contributed by atoms with E-state index < -0.39 is 24.4 Å². The number of benzene rings is 1. The van der Waals surface area contributed by atoms with Crippen LogP contribution < -0.4 is 10.2 Å². The van der Waals surface area contributed by atoms with Crippen molar-refractivity contribution in [2.45, 2.75) is 64.2 Å². The molecular formula is C26H33BN2O6. The summed E-state index contributed by atoms with van der Waals surface area (Å²) in [6.07, 6.45) is 1.71. The Balaban J connectivity index is 1.47. The van der Waals surface area contributed by atoms with Gasteiger partial charge in [0.2, 0.25) is 11.8 Å². The van der Waals surface area contributed by atoms with Crippen LogP contribution in [-0.2, 0) is 23.6 Å². The SMILES string of the molecule is CCOC(=O)C[C@@H](c1ccc(OC)nc1)N1CC(c2ccc(B3OC(C)(C)C(C)(C)O3)cc2)C1=O. The van der Waals surface area contributed by atoms with E-state index in [9.17, 15) is 9.59 Å². The first-order valence-corrected chi connectivity index (χ1v) is 12.0. The number of carbonyl (C=O) groups excluding carboxylic acids is 2. The molecule has 3 heterocycles. The van der Waals surface area contributed by atoms with Crippen LogP contribution in [0.2, 0.25) is 0 Å². The fourth-order valence-corrected chi connectivity index (χ4v) is 4.34. The third-order valence-corrected chi connectivity index (χ3v) is 7.22. The molecule has 0 radical (unpaired) electrons. The second kappa shape index (κ2) is 9.62. The molecule has 9 heteroatoms. The summed E-state index contributed by atoms with van der Waals surface area (Å²) in [6.45, 7) is 10.6. The number of nitrogens with zero attached hydrogens (tertiary/aromatic N) is 2. The minimum atomic E-state index is -0.445. The zero-order chi connectivity index (χ0) is 25.4. The molecule has 2 aliphatic rings. The number of aromatic nitrogens is 1. The maximum atomic E-state index is 13.2. The van der Waals surface area contributed by atoms with Crippen LogP contribution in [0.25, 0.3) is 0 Å². The normalized spacial score (nSPS) is 21.4. The maximum Gasteiger partial charge on any atom is 0.494 e. The summed E-state index contributed by atoms with van der Waals surface area (Å²) in [4.78, 5) is 31.5. The van der Waals surface area contributed by atoms with Gasteiger partial charge in [0, 0.05) is 18.8 Å². The first-order chi connectivity index (χ1) is 16.6. The summed E-state index contributed by atoms with van der Waals surface area (Å²) in [5, 5.41) is 0. The molecule has 0 bridgehead atoms. The van der Waals surface area contributed by atoms with Crippen molar-refractivity contribution in [3.05, 3.63) is 53.7 Å². The lowest BCUT2D eigenvalue weighted by atomic mass is 9.77. The van der Waals surface area contributed by atoms with Gasteiger partial charge in [0.1, 0.15) is 0 Å². The van der Waals surface area contributed by atoms with Gasteiger partial charge < -0.3 is 23.7 Å².